The van der Waals surface area contributed by atoms with Crippen molar-refractivity contribution in [3.05, 3.63) is 210 Å². The molecule has 0 bridgehead atoms. The zero-order chi connectivity index (χ0) is 34.2. The maximum Gasteiger partial charge on any atom is 0.137 e. The maximum atomic E-state index is 6.34. The SMILES string of the molecule is c1ccc(N(c2ccc3sc4cc(C5(c6ccccc6)c6ccccc6-c6ccccc65)ccc4c3c2)c2cccc3oc4ccccc4c23)cc1. The Bertz CT molecular complexity index is 2930. The lowest BCUT2D eigenvalue weighted by Crippen LogP contribution is -2.28. The average Bonchev–Trinajstić information content (AvgIpc) is 3.87. The molecule has 11 rings (SSSR count). The van der Waals surface area contributed by atoms with E-state index in [1.807, 2.05) is 17.4 Å². The molecule has 0 fully saturated rings. The summed E-state index contributed by atoms with van der Waals surface area (Å²) in [7, 11) is 0. The van der Waals surface area contributed by atoms with E-state index in [1.54, 1.807) is 0 Å². The predicted molar refractivity (Wildman–Crippen MR) is 219 cm³/mol. The van der Waals surface area contributed by atoms with Crippen molar-refractivity contribution in [1.82, 2.24) is 0 Å². The Morgan fingerprint density at radius 2 is 1.10 bits per heavy atom. The van der Waals surface area contributed by atoms with E-state index < -0.39 is 5.41 Å². The first kappa shape index (κ1) is 29.3. The summed E-state index contributed by atoms with van der Waals surface area (Å²) >= 11 is 1.88. The number of furan rings is 1. The summed E-state index contributed by atoms with van der Waals surface area (Å²) in [5.74, 6) is 0. The summed E-state index contributed by atoms with van der Waals surface area (Å²) in [6, 6.07) is 68.5. The van der Waals surface area contributed by atoms with Crippen LogP contribution in [0.3, 0.4) is 0 Å². The second-order valence-electron chi connectivity index (χ2n) is 13.6. The fourth-order valence-corrected chi connectivity index (χ4v) is 9.92. The molecule has 0 saturated heterocycles. The van der Waals surface area contributed by atoms with Crippen LogP contribution in [0.25, 0.3) is 53.2 Å². The van der Waals surface area contributed by atoms with Gasteiger partial charge in [0.2, 0.25) is 0 Å². The smallest absolute Gasteiger partial charge is 0.137 e. The molecule has 244 valence electrons. The van der Waals surface area contributed by atoms with Gasteiger partial charge in [0, 0.05) is 36.9 Å². The molecular formula is C49H31NOS. The number of thiophene rings is 1. The van der Waals surface area contributed by atoms with Gasteiger partial charge in [0.25, 0.3) is 0 Å². The fourth-order valence-electron chi connectivity index (χ4n) is 8.80. The van der Waals surface area contributed by atoms with Gasteiger partial charge < -0.3 is 9.32 Å². The van der Waals surface area contributed by atoms with Crippen molar-refractivity contribution in [2.24, 2.45) is 0 Å². The van der Waals surface area contributed by atoms with E-state index in [2.05, 4.69) is 187 Å². The van der Waals surface area contributed by atoms with Crippen molar-refractivity contribution >= 4 is 70.5 Å². The Hall–Kier alpha value is -6.42. The van der Waals surface area contributed by atoms with E-state index in [0.717, 1.165) is 39.0 Å². The molecule has 0 amide bonds. The zero-order valence-corrected chi connectivity index (χ0v) is 29.0. The minimum Gasteiger partial charge on any atom is -0.456 e. The largest absolute Gasteiger partial charge is 0.456 e. The number of para-hydroxylation sites is 2. The quantitative estimate of drug-likeness (QED) is 0.180. The molecule has 0 radical (unpaired) electrons. The number of hydrogen-bond acceptors (Lipinski definition) is 3. The third kappa shape index (κ3) is 4.11. The summed E-state index contributed by atoms with van der Waals surface area (Å²) in [6.45, 7) is 0. The molecule has 0 aliphatic heterocycles. The van der Waals surface area contributed by atoms with Gasteiger partial charge in [0.05, 0.1) is 16.5 Å². The molecule has 0 atom stereocenters. The lowest BCUT2D eigenvalue weighted by atomic mass is 9.67. The third-order valence-electron chi connectivity index (χ3n) is 10.9. The molecule has 0 N–H and O–H groups in total. The van der Waals surface area contributed by atoms with Crippen LogP contribution in [0.5, 0.6) is 0 Å². The van der Waals surface area contributed by atoms with Crippen LogP contribution in [-0.2, 0) is 5.41 Å². The van der Waals surface area contributed by atoms with Crippen molar-refractivity contribution in [3.8, 4) is 11.1 Å². The minimum atomic E-state index is -0.417. The van der Waals surface area contributed by atoms with Gasteiger partial charge in [-0.15, -0.1) is 11.3 Å². The molecule has 3 heteroatoms. The first-order valence-electron chi connectivity index (χ1n) is 17.8. The number of rotatable bonds is 5. The van der Waals surface area contributed by atoms with Gasteiger partial charge in [-0.25, -0.2) is 0 Å². The molecule has 2 nitrogen and oxygen atoms in total. The normalized spacial score (nSPS) is 13.2. The van der Waals surface area contributed by atoms with Crippen molar-refractivity contribution in [2.75, 3.05) is 4.90 Å². The van der Waals surface area contributed by atoms with Gasteiger partial charge in [-0.05, 0) is 88.0 Å². The minimum absolute atomic E-state index is 0.417. The zero-order valence-electron chi connectivity index (χ0n) is 28.2. The molecule has 8 aromatic carbocycles. The topological polar surface area (TPSA) is 16.4 Å². The van der Waals surface area contributed by atoms with Crippen LogP contribution in [0.15, 0.2) is 192 Å². The predicted octanol–water partition coefficient (Wildman–Crippen LogP) is 13.8. The molecule has 1 aliphatic carbocycles. The Morgan fingerprint density at radius 1 is 0.423 bits per heavy atom. The molecular weight excluding hydrogens is 651 g/mol. The Balaban J connectivity index is 1.13. The molecule has 2 heterocycles. The molecule has 1 aliphatic rings. The number of benzene rings is 8. The van der Waals surface area contributed by atoms with E-state index in [1.165, 1.54) is 53.6 Å². The summed E-state index contributed by atoms with van der Waals surface area (Å²) in [5, 5.41) is 4.76. The highest BCUT2D eigenvalue weighted by atomic mass is 32.1. The number of fused-ring (bicyclic) bond motifs is 9. The van der Waals surface area contributed by atoms with Crippen LogP contribution in [0, 0.1) is 0 Å². The summed E-state index contributed by atoms with van der Waals surface area (Å²) in [4.78, 5) is 2.37. The standard InChI is InChI=1S/C49H31NOS/c1-3-14-32(15-4-1)49(41-21-10-7-18-36(41)37-19-8-11-22-42(37)49)33-26-28-38-40-31-35(27-29-46(40)52-47(38)30-33)50(34-16-5-2-6-17-34)43-23-13-25-45-48(43)39-20-9-12-24-44(39)51-45/h1-31H. The van der Waals surface area contributed by atoms with Gasteiger partial charge in [-0.3, -0.25) is 0 Å². The highest BCUT2D eigenvalue weighted by Crippen LogP contribution is 2.56. The van der Waals surface area contributed by atoms with E-state index >= 15 is 0 Å². The van der Waals surface area contributed by atoms with Crippen LogP contribution in [0.1, 0.15) is 22.3 Å². The first-order chi connectivity index (χ1) is 25.8. The monoisotopic (exact) mass is 681 g/mol. The number of hydrogen-bond donors (Lipinski definition) is 0. The third-order valence-corrected chi connectivity index (χ3v) is 12.1. The molecule has 0 unspecified atom stereocenters. The van der Waals surface area contributed by atoms with E-state index in [-0.39, 0.29) is 0 Å². The molecule has 0 saturated carbocycles. The van der Waals surface area contributed by atoms with Crippen LogP contribution >= 0.6 is 11.3 Å². The van der Waals surface area contributed by atoms with Crippen molar-refractivity contribution < 1.29 is 4.42 Å². The second kappa shape index (κ2) is 11.3. The van der Waals surface area contributed by atoms with Gasteiger partial charge in [-0.1, -0.05) is 133 Å². The molecule has 2 aromatic heterocycles. The van der Waals surface area contributed by atoms with Gasteiger partial charge in [0.15, 0.2) is 0 Å². The van der Waals surface area contributed by atoms with Gasteiger partial charge >= 0.3 is 0 Å². The Labute approximate surface area is 305 Å². The number of anilines is 3. The van der Waals surface area contributed by atoms with E-state index in [4.69, 9.17) is 4.42 Å². The fraction of sp³-hybridized carbons (Fsp3) is 0.0204. The second-order valence-corrected chi connectivity index (χ2v) is 14.7. The van der Waals surface area contributed by atoms with Crippen molar-refractivity contribution in [1.29, 1.82) is 0 Å². The lowest BCUT2D eigenvalue weighted by Gasteiger charge is -2.33. The number of nitrogens with zero attached hydrogens (tertiary/aromatic N) is 1. The summed E-state index contributed by atoms with van der Waals surface area (Å²) in [5.41, 5.74) is 12.5. The van der Waals surface area contributed by atoms with Gasteiger partial charge in [-0.2, -0.15) is 0 Å². The highest BCUT2D eigenvalue weighted by molar-refractivity contribution is 7.25. The van der Waals surface area contributed by atoms with E-state index in [9.17, 15) is 0 Å². The molecule has 10 aromatic rings. The highest BCUT2D eigenvalue weighted by Gasteiger charge is 2.45. The van der Waals surface area contributed by atoms with Crippen molar-refractivity contribution in [3.63, 3.8) is 0 Å². The Morgan fingerprint density at radius 3 is 1.88 bits per heavy atom. The lowest BCUT2D eigenvalue weighted by molar-refractivity contribution is 0.669. The maximum absolute atomic E-state index is 6.34. The first-order valence-corrected chi connectivity index (χ1v) is 18.6. The van der Waals surface area contributed by atoms with Crippen LogP contribution in [0.4, 0.5) is 17.1 Å². The molecule has 0 spiro atoms. The van der Waals surface area contributed by atoms with Crippen LogP contribution in [-0.4, -0.2) is 0 Å². The van der Waals surface area contributed by atoms with E-state index in [0.29, 0.717) is 0 Å². The van der Waals surface area contributed by atoms with Crippen molar-refractivity contribution in [2.45, 2.75) is 5.41 Å². The van der Waals surface area contributed by atoms with Crippen LogP contribution < -0.4 is 4.90 Å². The summed E-state index contributed by atoms with van der Waals surface area (Å²) in [6.07, 6.45) is 0. The summed E-state index contributed by atoms with van der Waals surface area (Å²) < 4.78 is 8.91. The molecule has 52 heavy (non-hydrogen) atoms. The van der Waals surface area contributed by atoms with Crippen LogP contribution in [0.2, 0.25) is 0 Å². The average molecular weight is 682 g/mol. The Kier molecular flexibility index (Phi) is 6.37. The van der Waals surface area contributed by atoms with Gasteiger partial charge in [0.1, 0.15) is 11.2 Å².